The van der Waals surface area contributed by atoms with Crippen molar-refractivity contribution >= 4 is 42.4 Å². The molecule has 0 aliphatic carbocycles. The number of rotatable bonds is 14. The number of carbonyl (C=O) groups excluding carboxylic acids is 1. The van der Waals surface area contributed by atoms with Gasteiger partial charge in [0.2, 0.25) is 11.8 Å². The van der Waals surface area contributed by atoms with Crippen molar-refractivity contribution in [1.82, 2.24) is 14.5 Å². The lowest BCUT2D eigenvalue weighted by Gasteiger charge is -2.15. The summed E-state index contributed by atoms with van der Waals surface area (Å²) in [6, 6.07) is 13.7. The third-order valence-corrected chi connectivity index (χ3v) is 8.08. The van der Waals surface area contributed by atoms with Crippen molar-refractivity contribution in [3.8, 4) is 28.5 Å². The van der Waals surface area contributed by atoms with Crippen molar-refractivity contribution in [3.05, 3.63) is 72.5 Å². The van der Waals surface area contributed by atoms with Crippen LogP contribution in [-0.2, 0) is 21.0 Å². The van der Waals surface area contributed by atoms with Crippen LogP contribution in [0.15, 0.2) is 67.5 Å². The van der Waals surface area contributed by atoms with Crippen molar-refractivity contribution in [2.75, 3.05) is 32.2 Å². The number of benzene rings is 2. The molecule has 0 unspecified atom stereocenters. The Kier molecular flexibility index (Phi) is 10.2. The Hall–Kier alpha value is -3.70. The number of aromatic nitrogens is 3. The highest BCUT2D eigenvalue weighted by molar-refractivity contribution is 6.76. The molecule has 4 rings (SSSR count). The number of halogens is 1. The van der Waals surface area contributed by atoms with E-state index in [1.165, 1.54) is 6.08 Å². The van der Waals surface area contributed by atoms with Gasteiger partial charge in [-0.15, -0.1) is 0 Å². The first-order chi connectivity index (χ1) is 19.7. The van der Waals surface area contributed by atoms with Crippen molar-refractivity contribution in [1.29, 1.82) is 0 Å². The van der Waals surface area contributed by atoms with Gasteiger partial charge in [-0.2, -0.15) is 0 Å². The summed E-state index contributed by atoms with van der Waals surface area (Å²) in [5.74, 6) is 1.03. The molecule has 0 saturated carbocycles. The number of methoxy groups -OCH3 is 1. The maximum Gasteiger partial charge on any atom is 0.247 e. The zero-order valence-electron chi connectivity index (χ0n) is 23.8. The Morgan fingerprint density at radius 3 is 2.73 bits per heavy atom. The van der Waals surface area contributed by atoms with E-state index in [9.17, 15) is 4.79 Å². The molecule has 0 aliphatic heterocycles. The van der Waals surface area contributed by atoms with Crippen molar-refractivity contribution < 1.29 is 23.7 Å². The van der Waals surface area contributed by atoms with Crippen LogP contribution in [-0.4, -0.2) is 55.4 Å². The van der Waals surface area contributed by atoms with Crippen molar-refractivity contribution in [2.45, 2.75) is 32.4 Å². The van der Waals surface area contributed by atoms with E-state index in [1.54, 1.807) is 43.6 Å². The summed E-state index contributed by atoms with van der Waals surface area (Å²) >= 11 is 6.41. The van der Waals surface area contributed by atoms with Gasteiger partial charge in [-0.05, 0) is 41.9 Å². The fourth-order valence-corrected chi connectivity index (χ4v) is 4.83. The summed E-state index contributed by atoms with van der Waals surface area (Å²) in [6.45, 7) is 12.3. The first kappa shape index (κ1) is 30.3. The van der Waals surface area contributed by atoms with E-state index in [1.807, 2.05) is 22.9 Å². The van der Waals surface area contributed by atoms with Crippen LogP contribution in [0.1, 0.15) is 0 Å². The van der Waals surface area contributed by atoms with E-state index in [-0.39, 0.29) is 5.91 Å². The van der Waals surface area contributed by atoms with Crippen LogP contribution in [0.2, 0.25) is 30.7 Å². The fraction of sp³-hybridized carbons (Fsp3) is 0.300. The lowest BCUT2D eigenvalue weighted by atomic mass is 10.1. The largest absolute Gasteiger partial charge is 0.490 e. The quantitative estimate of drug-likeness (QED) is 0.0953. The number of ether oxygens (including phenoxy) is 4. The number of hydrogen-bond acceptors (Lipinski definition) is 7. The Morgan fingerprint density at radius 1 is 1.15 bits per heavy atom. The van der Waals surface area contributed by atoms with Crippen LogP contribution >= 0.6 is 11.6 Å². The van der Waals surface area contributed by atoms with Crippen LogP contribution < -0.4 is 14.8 Å². The molecule has 4 aromatic rings. The lowest BCUT2D eigenvalue weighted by molar-refractivity contribution is -0.111. The average molecular weight is 595 g/mol. The van der Waals surface area contributed by atoms with Gasteiger partial charge in [0.05, 0.1) is 17.8 Å². The van der Waals surface area contributed by atoms with E-state index in [0.29, 0.717) is 65.8 Å². The summed E-state index contributed by atoms with van der Waals surface area (Å²) in [5, 5.41) is 3.23. The molecule has 2 heterocycles. The molecule has 0 bridgehead atoms. The first-order valence-electron chi connectivity index (χ1n) is 13.2. The molecular formula is C30H35ClN4O5Si. The molecular weight excluding hydrogens is 560 g/mol. The van der Waals surface area contributed by atoms with Gasteiger partial charge < -0.3 is 28.8 Å². The Bertz CT molecular complexity index is 1520. The van der Waals surface area contributed by atoms with Crippen LogP contribution in [0, 0.1) is 0 Å². The lowest BCUT2D eigenvalue weighted by Crippen LogP contribution is -2.22. The van der Waals surface area contributed by atoms with Crippen LogP contribution in [0.5, 0.6) is 17.4 Å². The molecule has 0 saturated heterocycles. The van der Waals surface area contributed by atoms with Gasteiger partial charge in [0.25, 0.3) is 0 Å². The standard InChI is InChI=1S/C30H35ClN4O5Si/c1-6-27(36)33-22-8-7-9-23(17-22)40-28-18-32-30-29(34-28)24(19-35(30)20-38-14-15-41(3,4)5)21-10-11-25(31)26(16-21)39-13-12-37-2/h6-11,16-19H,1,12-15,20H2,2-5H3,(H,33,36). The molecule has 0 spiro atoms. The molecule has 0 aliphatic rings. The summed E-state index contributed by atoms with van der Waals surface area (Å²) in [4.78, 5) is 21.2. The van der Waals surface area contributed by atoms with E-state index in [0.717, 1.165) is 17.2 Å². The highest BCUT2D eigenvalue weighted by atomic mass is 35.5. The number of carbonyl (C=O) groups is 1. The second-order valence-electron chi connectivity index (χ2n) is 10.6. The Labute approximate surface area is 246 Å². The number of amides is 1. The fourth-order valence-electron chi connectivity index (χ4n) is 3.90. The van der Waals surface area contributed by atoms with Gasteiger partial charge in [-0.3, -0.25) is 4.79 Å². The van der Waals surface area contributed by atoms with Gasteiger partial charge >= 0.3 is 0 Å². The summed E-state index contributed by atoms with van der Waals surface area (Å²) < 4.78 is 25.0. The summed E-state index contributed by atoms with van der Waals surface area (Å²) in [6.07, 6.45) is 4.75. The van der Waals surface area contributed by atoms with Gasteiger partial charge in [-0.1, -0.05) is 50.0 Å². The maximum atomic E-state index is 11.7. The third kappa shape index (κ3) is 8.40. The molecule has 216 valence electrons. The van der Waals surface area contributed by atoms with Crippen LogP contribution in [0.4, 0.5) is 5.69 Å². The third-order valence-electron chi connectivity index (χ3n) is 6.07. The highest BCUT2D eigenvalue weighted by Gasteiger charge is 2.18. The van der Waals surface area contributed by atoms with Gasteiger partial charge in [0, 0.05) is 45.3 Å². The summed E-state index contributed by atoms with van der Waals surface area (Å²) in [5.41, 5.74) is 3.55. The molecule has 41 heavy (non-hydrogen) atoms. The van der Waals surface area contributed by atoms with Gasteiger partial charge in [0.1, 0.15) is 30.4 Å². The molecule has 1 amide bonds. The Balaban J connectivity index is 1.68. The van der Waals surface area contributed by atoms with Gasteiger partial charge in [-0.25, -0.2) is 9.97 Å². The maximum absolute atomic E-state index is 11.7. The number of anilines is 1. The smallest absolute Gasteiger partial charge is 0.247 e. The minimum Gasteiger partial charge on any atom is -0.490 e. The molecule has 2 aromatic heterocycles. The second-order valence-corrected chi connectivity index (χ2v) is 16.6. The minimum atomic E-state index is -1.22. The minimum absolute atomic E-state index is 0.300. The van der Waals surface area contributed by atoms with E-state index in [4.69, 9.17) is 35.5 Å². The number of hydrogen-bond donors (Lipinski definition) is 1. The predicted octanol–water partition coefficient (Wildman–Crippen LogP) is 7.01. The summed E-state index contributed by atoms with van der Waals surface area (Å²) in [7, 11) is 0.394. The topological polar surface area (TPSA) is 96.7 Å². The average Bonchev–Trinajstić information content (AvgIpc) is 3.29. The van der Waals surface area contributed by atoms with Crippen molar-refractivity contribution in [3.63, 3.8) is 0 Å². The second kappa shape index (κ2) is 13.8. The van der Waals surface area contributed by atoms with Crippen LogP contribution in [0.3, 0.4) is 0 Å². The van der Waals surface area contributed by atoms with Gasteiger partial charge in [0.15, 0.2) is 5.65 Å². The number of nitrogens with one attached hydrogen (secondary N) is 1. The molecule has 1 N–H and O–H groups in total. The molecule has 9 nitrogen and oxygen atoms in total. The normalized spacial score (nSPS) is 11.4. The van der Waals surface area contributed by atoms with E-state index < -0.39 is 8.07 Å². The molecule has 0 fully saturated rings. The van der Waals surface area contributed by atoms with E-state index in [2.05, 4.69) is 36.5 Å². The predicted molar refractivity (Wildman–Crippen MR) is 165 cm³/mol. The first-order valence-corrected chi connectivity index (χ1v) is 17.3. The number of fused-ring (bicyclic) bond motifs is 1. The molecule has 2 aromatic carbocycles. The number of nitrogens with zero attached hydrogens (tertiary/aromatic N) is 3. The monoisotopic (exact) mass is 594 g/mol. The van der Waals surface area contributed by atoms with Crippen LogP contribution in [0.25, 0.3) is 22.3 Å². The Morgan fingerprint density at radius 2 is 1.98 bits per heavy atom. The SMILES string of the molecule is C=CC(=O)Nc1cccc(Oc2cnc3c(n2)c(-c2ccc(Cl)c(OCCOC)c2)cn3COCC[Si](C)(C)C)c1. The highest BCUT2D eigenvalue weighted by Crippen LogP contribution is 2.35. The molecule has 0 radical (unpaired) electrons. The van der Waals surface area contributed by atoms with Crippen molar-refractivity contribution in [2.24, 2.45) is 0 Å². The molecule has 11 heteroatoms. The van der Waals surface area contributed by atoms with E-state index >= 15 is 0 Å². The zero-order valence-corrected chi connectivity index (χ0v) is 25.5. The zero-order chi connectivity index (χ0) is 29.4. The molecule has 0 atom stereocenters.